The summed E-state index contributed by atoms with van der Waals surface area (Å²) < 4.78 is 6.03. The molecule has 1 aromatic rings. The molecule has 0 bridgehead atoms. The number of carbonyl (C=O) groups is 2. The lowest BCUT2D eigenvalue weighted by atomic mass is 9.56. The molecule has 4 nitrogen and oxygen atoms in total. The number of ketones is 2. The summed E-state index contributed by atoms with van der Waals surface area (Å²) >= 11 is 0. The zero-order valence-electron chi connectivity index (χ0n) is 21.1. The van der Waals surface area contributed by atoms with E-state index in [1.165, 1.54) is 27.9 Å². The molecular formula is C30H39NO3. The summed E-state index contributed by atoms with van der Waals surface area (Å²) in [6.45, 7) is 10.3. The predicted octanol–water partition coefficient (Wildman–Crippen LogP) is 6.01. The van der Waals surface area contributed by atoms with Crippen LogP contribution in [-0.2, 0) is 9.59 Å². The number of likely N-dealkylation sites (N-methyl/N-ethyl adjacent to an activating group) is 1. The molecule has 1 fully saturated rings. The molecule has 182 valence electrons. The molecule has 0 aliphatic heterocycles. The lowest BCUT2D eigenvalue weighted by Crippen LogP contribution is -2.40. The van der Waals surface area contributed by atoms with Gasteiger partial charge in [-0.3, -0.25) is 9.59 Å². The van der Waals surface area contributed by atoms with Gasteiger partial charge in [0.25, 0.3) is 0 Å². The smallest absolute Gasteiger partial charge is 0.139 e. The maximum Gasteiger partial charge on any atom is 0.139 e. The SMILES string of the molecule is CCN(CC)CCOc1ccc(C2=C3C4=C(CC[C@H]3[C@@H]3CCC(=O)[C@@]3(C)C2)CC(=O)CC4)cc1. The molecule has 0 N–H and O–H groups in total. The normalized spacial score (nSPS) is 28.8. The van der Waals surface area contributed by atoms with Crippen molar-refractivity contribution in [2.75, 3.05) is 26.2 Å². The van der Waals surface area contributed by atoms with E-state index in [-0.39, 0.29) is 5.41 Å². The first-order valence-electron chi connectivity index (χ1n) is 13.4. The third-order valence-corrected chi connectivity index (χ3v) is 9.21. The molecule has 0 aromatic heterocycles. The molecular weight excluding hydrogens is 422 g/mol. The largest absolute Gasteiger partial charge is 0.492 e. The van der Waals surface area contributed by atoms with E-state index in [1.807, 2.05) is 0 Å². The fourth-order valence-electron chi connectivity index (χ4n) is 7.22. The summed E-state index contributed by atoms with van der Waals surface area (Å²) in [6, 6.07) is 8.57. The van der Waals surface area contributed by atoms with Crippen LogP contribution < -0.4 is 4.74 Å². The van der Waals surface area contributed by atoms with E-state index in [0.717, 1.165) is 63.9 Å². The highest BCUT2D eigenvalue weighted by Crippen LogP contribution is 2.61. The highest BCUT2D eigenvalue weighted by atomic mass is 16.5. The zero-order valence-corrected chi connectivity index (χ0v) is 21.1. The Labute approximate surface area is 204 Å². The van der Waals surface area contributed by atoms with E-state index in [9.17, 15) is 9.59 Å². The van der Waals surface area contributed by atoms with Gasteiger partial charge in [-0.25, -0.2) is 0 Å². The Morgan fingerprint density at radius 3 is 2.47 bits per heavy atom. The summed E-state index contributed by atoms with van der Waals surface area (Å²) in [7, 11) is 0. The Hall–Kier alpha value is -2.20. The molecule has 3 atom stereocenters. The number of allylic oxidation sites excluding steroid dienone is 4. The predicted molar refractivity (Wildman–Crippen MR) is 136 cm³/mol. The van der Waals surface area contributed by atoms with Crippen LogP contribution in [0.15, 0.2) is 41.0 Å². The van der Waals surface area contributed by atoms with Crippen LogP contribution >= 0.6 is 0 Å². The van der Waals surface area contributed by atoms with Crippen LogP contribution in [0.4, 0.5) is 0 Å². The van der Waals surface area contributed by atoms with Crippen LogP contribution in [0.1, 0.15) is 77.7 Å². The molecule has 0 saturated heterocycles. The van der Waals surface area contributed by atoms with Crippen molar-refractivity contribution in [2.45, 2.75) is 72.1 Å². The van der Waals surface area contributed by atoms with Crippen LogP contribution in [0.3, 0.4) is 0 Å². The van der Waals surface area contributed by atoms with E-state index in [0.29, 0.717) is 42.9 Å². The molecule has 0 radical (unpaired) electrons. The van der Waals surface area contributed by atoms with E-state index in [2.05, 4.69) is 49.9 Å². The minimum absolute atomic E-state index is 0.245. The summed E-state index contributed by atoms with van der Waals surface area (Å²) in [5, 5.41) is 0. The molecule has 0 amide bonds. The topological polar surface area (TPSA) is 46.6 Å². The minimum atomic E-state index is -0.245. The van der Waals surface area contributed by atoms with Gasteiger partial charge < -0.3 is 9.64 Å². The number of Topliss-reactive ketones (excluding diaryl/α,β-unsaturated/α-hetero) is 2. The first-order chi connectivity index (χ1) is 16.4. The van der Waals surface area contributed by atoms with Gasteiger partial charge in [-0.1, -0.05) is 38.5 Å². The highest BCUT2D eigenvalue weighted by molar-refractivity contribution is 5.92. The summed E-state index contributed by atoms with van der Waals surface area (Å²) in [6.07, 6.45) is 6.89. The van der Waals surface area contributed by atoms with Crippen LogP contribution in [0.5, 0.6) is 5.75 Å². The average molecular weight is 462 g/mol. The van der Waals surface area contributed by atoms with Gasteiger partial charge in [-0.2, -0.15) is 0 Å². The van der Waals surface area contributed by atoms with E-state index in [4.69, 9.17) is 4.74 Å². The number of ether oxygens (including phenoxy) is 1. The molecule has 1 saturated carbocycles. The number of hydrogen-bond acceptors (Lipinski definition) is 4. The number of rotatable bonds is 7. The van der Waals surface area contributed by atoms with Crippen molar-refractivity contribution in [3.63, 3.8) is 0 Å². The quantitative estimate of drug-likeness (QED) is 0.499. The van der Waals surface area contributed by atoms with Crippen molar-refractivity contribution in [1.82, 2.24) is 4.90 Å². The van der Waals surface area contributed by atoms with Crippen LogP contribution in [0, 0.1) is 17.3 Å². The minimum Gasteiger partial charge on any atom is -0.492 e. The highest BCUT2D eigenvalue weighted by Gasteiger charge is 2.54. The van der Waals surface area contributed by atoms with Crippen molar-refractivity contribution < 1.29 is 14.3 Å². The first-order valence-corrected chi connectivity index (χ1v) is 13.4. The number of hydrogen-bond donors (Lipinski definition) is 0. The molecule has 0 unspecified atom stereocenters. The second kappa shape index (κ2) is 9.45. The Kier molecular flexibility index (Phi) is 6.54. The van der Waals surface area contributed by atoms with Crippen LogP contribution in [-0.4, -0.2) is 42.7 Å². The van der Waals surface area contributed by atoms with E-state index in [1.54, 1.807) is 0 Å². The monoisotopic (exact) mass is 461 g/mol. The molecule has 0 spiro atoms. The molecule has 4 heteroatoms. The number of fused-ring (bicyclic) bond motifs is 4. The third kappa shape index (κ3) is 4.08. The third-order valence-electron chi connectivity index (χ3n) is 9.21. The second-order valence-corrected chi connectivity index (χ2v) is 10.9. The fraction of sp³-hybridized carbons (Fsp3) is 0.600. The Bertz CT molecular complexity index is 1030. The number of nitrogens with zero attached hydrogens (tertiary/aromatic N) is 1. The average Bonchev–Trinajstić information content (AvgIpc) is 3.15. The van der Waals surface area contributed by atoms with Crippen LogP contribution in [0.25, 0.3) is 5.57 Å². The number of carbonyl (C=O) groups excluding carboxylic acids is 2. The fourth-order valence-corrected chi connectivity index (χ4v) is 7.22. The number of benzene rings is 1. The molecule has 5 rings (SSSR count). The van der Waals surface area contributed by atoms with Crippen molar-refractivity contribution in [2.24, 2.45) is 17.3 Å². The molecule has 0 heterocycles. The van der Waals surface area contributed by atoms with Gasteiger partial charge in [0.1, 0.15) is 23.9 Å². The molecule has 4 aliphatic carbocycles. The van der Waals surface area contributed by atoms with Crippen molar-refractivity contribution in [3.05, 3.63) is 46.5 Å². The van der Waals surface area contributed by atoms with Gasteiger partial charge in [0.05, 0.1) is 0 Å². The summed E-state index contributed by atoms with van der Waals surface area (Å²) in [5.74, 6) is 2.65. The molecule has 1 aromatic carbocycles. The van der Waals surface area contributed by atoms with E-state index < -0.39 is 0 Å². The van der Waals surface area contributed by atoms with Gasteiger partial charge in [-0.15, -0.1) is 0 Å². The van der Waals surface area contributed by atoms with Gasteiger partial charge in [0.15, 0.2) is 0 Å². The van der Waals surface area contributed by atoms with E-state index >= 15 is 0 Å². The van der Waals surface area contributed by atoms with Gasteiger partial charge in [-0.05, 0) is 91.4 Å². The standard InChI is InChI=1S/C30H39NO3/c1-4-31(5-2)16-17-34-23-10-6-20(7-11-23)26-19-30(3)27(14-15-28(30)33)25-12-8-21-18-22(32)9-13-24(21)29(25)26/h6-7,10-11,25,27H,4-5,8-9,12-19H2,1-3H3/t25-,27-,30-/m0/s1. The second-order valence-electron chi connectivity index (χ2n) is 10.9. The van der Waals surface area contributed by atoms with Crippen molar-refractivity contribution >= 4 is 17.1 Å². The summed E-state index contributed by atoms with van der Waals surface area (Å²) in [5.41, 5.74) is 6.68. The zero-order chi connectivity index (χ0) is 23.9. The maximum absolute atomic E-state index is 13.1. The van der Waals surface area contributed by atoms with Crippen LogP contribution in [0.2, 0.25) is 0 Å². The van der Waals surface area contributed by atoms with Gasteiger partial charge >= 0.3 is 0 Å². The van der Waals surface area contributed by atoms with Gasteiger partial charge in [0.2, 0.25) is 0 Å². The van der Waals surface area contributed by atoms with Crippen molar-refractivity contribution in [3.8, 4) is 5.75 Å². The molecule has 4 aliphatic rings. The maximum atomic E-state index is 13.1. The Balaban J connectivity index is 1.47. The van der Waals surface area contributed by atoms with Crippen molar-refractivity contribution in [1.29, 1.82) is 0 Å². The molecule has 34 heavy (non-hydrogen) atoms. The lowest BCUT2D eigenvalue weighted by molar-refractivity contribution is -0.126. The van der Waals surface area contributed by atoms with Gasteiger partial charge in [0, 0.05) is 31.2 Å². The summed E-state index contributed by atoms with van der Waals surface area (Å²) in [4.78, 5) is 27.6. The lowest BCUT2D eigenvalue weighted by Gasteiger charge is -2.47. The first kappa shape index (κ1) is 23.5. The Morgan fingerprint density at radius 2 is 1.74 bits per heavy atom. The Morgan fingerprint density at radius 1 is 0.971 bits per heavy atom.